The van der Waals surface area contributed by atoms with Crippen molar-refractivity contribution < 1.29 is 0 Å². The Bertz CT molecular complexity index is 429. The van der Waals surface area contributed by atoms with E-state index in [-0.39, 0.29) is 0 Å². The van der Waals surface area contributed by atoms with Crippen LogP contribution < -0.4 is 5.32 Å². The van der Waals surface area contributed by atoms with E-state index in [4.69, 9.17) is 0 Å². The average Bonchev–Trinajstić information content (AvgIpc) is 2.43. The summed E-state index contributed by atoms with van der Waals surface area (Å²) < 4.78 is 0. The van der Waals surface area contributed by atoms with Crippen LogP contribution in [0.2, 0.25) is 0 Å². The van der Waals surface area contributed by atoms with E-state index in [1.165, 1.54) is 38.0 Å². The van der Waals surface area contributed by atoms with Gasteiger partial charge in [-0.3, -0.25) is 0 Å². The molecule has 1 aromatic carbocycles. The number of nitrogens with zero attached hydrogens (tertiary/aromatic N) is 1. The third-order valence-corrected chi connectivity index (χ3v) is 5.07. The maximum atomic E-state index is 3.71. The third-order valence-electron chi connectivity index (χ3n) is 5.07. The molecule has 3 rings (SSSR count). The summed E-state index contributed by atoms with van der Waals surface area (Å²) in [6, 6.07) is 9.49. The zero-order valence-corrected chi connectivity index (χ0v) is 12.2. The minimum Gasteiger partial charge on any atom is -0.309 e. The summed E-state index contributed by atoms with van der Waals surface area (Å²) in [6.07, 6.45) is 2.54. The summed E-state index contributed by atoms with van der Waals surface area (Å²) in [7, 11) is 0. The molecule has 0 amide bonds. The Balaban J connectivity index is 1.68. The highest BCUT2D eigenvalue weighted by Gasteiger charge is 2.26. The van der Waals surface area contributed by atoms with Gasteiger partial charge in [-0.25, -0.2) is 0 Å². The van der Waals surface area contributed by atoms with Gasteiger partial charge in [-0.05, 0) is 48.9 Å². The Morgan fingerprint density at radius 1 is 1.21 bits per heavy atom. The van der Waals surface area contributed by atoms with E-state index in [9.17, 15) is 0 Å². The van der Waals surface area contributed by atoms with Crippen LogP contribution in [0.5, 0.6) is 0 Å². The Labute approximate surface area is 117 Å². The monoisotopic (exact) mass is 258 g/mol. The summed E-state index contributed by atoms with van der Waals surface area (Å²) >= 11 is 0. The standard InChI is InChI=1S/C17H26N2/c1-13-8-10-19(11-14(13)2)12-17-16-6-4-3-5-15(16)7-9-18-17/h3-6,13-14,17-18H,7-12H2,1-2H3. The van der Waals surface area contributed by atoms with Crippen LogP contribution >= 0.6 is 0 Å². The summed E-state index contributed by atoms with van der Waals surface area (Å²) in [5, 5.41) is 3.71. The highest BCUT2D eigenvalue weighted by atomic mass is 15.2. The van der Waals surface area contributed by atoms with E-state index in [1.54, 1.807) is 5.56 Å². The van der Waals surface area contributed by atoms with E-state index in [1.807, 2.05) is 0 Å². The molecule has 2 aliphatic rings. The fourth-order valence-electron chi connectivity index (χ4n) is 3.53. The Morgan fingerprint density at radius 3 is 2.89 bits per heavy atom. The maximum Gasteiger partial charge on any atom is 0.0452 e. The topological polar surface area (TPSA) is 15.3 Å². The van der Waals surface area contributed by atoms with Crippen LogP contribution in [0.25, 0.3) is 0 Å². The molecule has 1 aromatic rings. The van der Waals surface area contributed by atoms with Crippen molar-refractivity contribution in [1.82, 2.24) is 10.2 Å². The fraction of sp³-hybridized carbons (Fsp3) is 0.647. The molecule has 19 heavy (non-hydrogen) atoms. The molecule has 0 spiro atoms. The van der Waals surface area contributed by atoms with Crippen molar-refractivity contribution in [2.24, 2.45) is 11.8 Å². The van der Waals surface area contributed by atoms with Crippen LogP contribution in [0.3, 0.4) is 0 Å². The lowest BCUT2D eigenvalue weighted by molar-refractivity contribution is 0.126. The summed E-state index contributed by atoms with van der Waals surface area (Å²) in [5.74, 6) is 1.73. The molecule has 2 aliphatic heterocycles. The van der Waals surface area contributed by atoms with E-state index >= 15 is 0 Å². The van der Waals surface area contributed by atoms with Gasteiger partial charge in [0.25, 0.3) is 0 Å². The predicted octanol–water partition coefficient (Wildman–Crippen LogP) is 2.85. The molecule has 0 saturated carbocycles. The Kier molecular flexibility index (Phi) is 3.90. The number of nitrogens with one attached hydrogen (secondary N) is 1. The van der Waals surface area contributed by atoms with Gasteiger partial charge in [0, 0.05) is 19.1 Å². The van der Waals surface area contributed by atoms with Gasteiger partial charge in [0.15, 0.2) is 0 Å². The first-order valence-electron chi connectivity index (χ1n) is 7.77. The lowest BCUT2D eigenvalue weighted by Crippen LogP contribution is -2.44. The minimum absolute atomic E-state index is 0.533. The molecule has 2 heterocycles. The van der Waals surface area contributed by atoms with Gasteiger partial charge in [-0.15, -0.1) is 0 Å². The van der Waals surface area contributed by atoms with Crippen molar-refractivity contribution >= 4 is 0 Å². The molecule has 1 fully saturated rings. The first-order chi connectivity index (χ1) is 9.24. The van der Waals surface area contributed by atoms with Crippen molar-refractivity contribution in [3.8, 4) is 0 Å². The fourth-order valence-corrected chi connectivity index (χ4v) is 3.53. The molecule has 2 heteroatoms. The largest absolute Gasteiger partial charge is 0.309 e. The van der Waals surface area contributed by atoms with Crippen molar-refractivity contribution in [3.05, 3.63) is 35.4 Å². The molecule has 0 bridgehead atoms. The summed E-state index contributed by atoms with van der Waals surface area (Å²) in [6.45, 7) is 9.64. The van der Waals surface area contributed by atoms with Gasteiger partial charge in [0.1, 0.15) is 0 Å². The number of likely N-dealkylation sites (tertiary alicyclic amines) is 1. The van der Waals surface area contributed by atoms with Crippen LogP contribution in [0.1, 0.15) is 37.4 Å². The van der Waals surface area contributed by atoms with Crippen LogP contribution in [-0.4, -0.2) is 31.1 Å². The number of rotatable bonds is 2. The molecule has 1 saturated heterocycles. The number of benzene rings is 1. The summed E-state index contributed by atoms with van der Waals surface area (Å²) in [5.41, 5.74) is 3.07. The highest BCUT2D eigenvalue weighted by Crippen LogP contribution is 2.27. The lowest BCUT2D eigenvalue weighted by atomic mass is 9.87. The molecular formula is C17H26N2. The molecule has 3 atom stereocenters. The predicted molar refractivity (Wildman–Crippen MR) is 80.3 cm³/mol. The van der Waals surface area contributed by atoms with Crippen LogP contribution in [0, 0.1) is 11.8 Å². The number of piperidine rings is 1. The molecular weight excluding hydrogens is 232 g/mol. The van der Waals surface area contributed by atoms with Crippen LogP contribution in [0.15, 0.2) is 24.3 Å². The highest BCUT2D eigenvalue weighted by molar-refractivity contribution is 5.32. The first kappa shape index (κ1) is 13.1. The first-order valence-corrected chi connectivity index (χ1v) is 7.77. The second-order valence-electron chi connectivity index (χ2n) is 6.46. The average molecular weight is 258 g/mol. The molecule has 104 valence electrons. The van der Waals surface area contributed by atoms with Gasteiger partial charge < -0.3 is 10.2 Å². The molecule has 0 aliphatic carbocycles. The van der Waals surface area contributed by atoms with E-state index in [0.717, 1.165) is 18.4 Å². The van der Waals surface area contributed by atoms with E-state index < -0.39 is 0 Å². The van der Waals surface area contributed by atoms with E-state index in [2.05, 4.69) is 48.3 Å². The zero-order valence-electron chi connectivity index (χ0n) is 12.2. The molecule has 1 N–H and O–H groups in total. The quantitative estimate of drug-likeness (QED) is 0.877. The second-order valence-corrected chi connectivity index (χ2v) is 6.46. The maximum absolute atomic E-state index is 3.71. The van der Waals surface area contributed by atoms with E-state index in [0.29, 0.717) is 6.04 Å². The van der Waals surface area contributed by atoms with Gasteiger partial charge in [0.2, 0.25) is 0 Å². The van der Waals surface area contributed by atoms with Crippen LogP contribution in [0.4, 0.5) is 0 Å². The number of fused-ring (bicyclic) bond motifs is 1. The van der Waals surface area contributed by atoms with Crippen LogP contribution in [-0.2, 0) is 6.42 Å². The zero-order chi connectivity index (χ0) is 13.2. The molecule has 2 nitrogen and oxygen atoms in total. The SMILES string of the molecule is CC1CCN(CC2NCCc3ccccc32)CC1C. The van der Waals surface area contributed by atoms with Gasteiger partial charge in [0.05, 0.1) is 0 Å². The normalized spacial score (nSPS) is 32.0. The lowest BCUT2D eigenvalue weighted by Gasteiger charge is -2.38. The molecule has 0 aromatic heterocycles. The minimum atomic E-state index is 0.533. The van der Waals surface area contributed by atoms with Crippen molar-refractivity contribution in [2.45, 2.75) is 32.7 Å². The Morgan fingerprint density at radius 2 is 2.05 bits per heavy atom. The summed E-state index contributed by atoms with van der Waals surface area (Å²) in [4.78, 5) is 2.66. The van der Waals surface area contributed by atoms with Crippen molar-refractivity contribution in [1.29, 1.82) is 0 Å². The molecule has 0 radical (unpaired) electrons. The van der Waals surface area contributed by atoms with Gasteiger partial charge in [-0.2, -0.15) is 0 Å². The Hall–Kier alpha value is -0.860. The number of hydrogen-bond acceptors (Lipinski definition) is 2. The van der Waals surface area contributed by atoms with Gasteiger partial charge in [-0.1, -0.05) is 38.1 Å². The molecule has 3 unspecified atom stereocenters. The number of hydrogen-bond donors (Lipinski definition) is 1. The van der Waals surface area contributed by atoms with Crippen molar-refractivity contribution in [3.63, 3.8) is 0 Å². The third kappa shape index (κ3) is 2.85. The smallest absolute Gasteiger partial charge is 0.0452 e. The van der Waals surface area contributed by atoms with Crippen molar-refractivity contribution in [2.75, 3.05) is 26.2 Å². The van der Waals surface area contributed by atoms with Gasteiger partial charge >= 0.3 is 0 Å². The second kappa shape index (κ2) is 5.64.